The number of aliphatic imine (C=N–C) groups is 1. The van der Waals surface area contributed by atoms with E-state index in [0.29, 0.717) is 11.5 Å². The summed E-state index contributed by atoms with van der Waals surface area (Å²) < 4.78 is 13.4. The van der Waals surface area contributed by atoms with Gasteiger partial charge in [0.15, 0.2) is 5.96 Å². The normalized spacial score (nSPS) is 12.6. The summed E-state index contributed by atoms with van der Waals surface area (Å²) in [6.45, 7) is 4.24. The van der Waals surface area contributed by atoms with Gasteiger partial charge in [-0.1, -0.05) is 43.6 Å². The predicted octanol–water partition coefficient (Wildman–Crippen LogP) is 4.68. The Bertz CT molecular complexity index is 740. The molecule has 2 aromatic carbocycles. The minimum atomic E-state index is -0.959. The van der Waals surface area contributed by atoms with Crippen LogP contribution < -0.4 is 11.1 Å². The zero-order chi connectivity index (χ0) is 17.7. The maximum Gasteiger partial charge on any atom is 0.193 e. The second kappa shape index (κ2) is 9.94. The Balaban J connectivity index is 0.00000312. The highest BCUT2D eigenvalue weighted by molar-refractivity contribution is 14.0. The van der Waals surface area contributed by atoms with Crippen molar-refractivity contribution >= 4 is 47.2 Å². The summed E-state index contributed by atoms with van der Waals surface area (Å²) in [5.74, 6) is 0.0183. The molecular formula is C18H22ClFIN3O. The average molecular weight is 478 g/mol. The molecule has 0 bridgehead atoms. The van der Waals surface area contributed by atoms with Gasteiger partial charge in [0.05, 0.1) is 17.7 Å². The fraction of sp³-hybridized carbons (Fsp3) is 0.278. The number of nitrogens with zero attached hydrogens (tertiary/aromatic N) is 1. The molecule has 4 nitrogen and oxygen atoms in total. The lowest BCUT2D eigenvalue weighted by Gasteiger charge is -2.12. The van der Waals surface area contributed by atoms with Crippen molar-refractivity contribution in [1.29, 1.82) is 0 Å². The van der Waals surface area contributed by atoms with Crippen LogP contribution in [0.1, 0.15) is 37.0 Å². The number of aliphatic hydroxyl groups excluding tert-OH is 1. The van der Waals surface area contributed by atoms with Crippen LogP contribution in [-0.2, 0) is 0 Å². The Labute approximate surface area is 169 Å². The number of halogens is 3. The van der Waals surface area contributed by atoms with Crippen LogP contribution in [0.15, 0.2) is 47.5 Å². The molecule has 1 atom stereocenters. The lowest BCUT2D eigenvalue weighted by atomic mass is 10.0. The molecule has 25 heavy (non-hydrogen) atoms. The van der Waals surface area contributed by atoms with E-state index in [4.69, 9.17) is 17.3 Å². The summed E-state index contributed by atoms with van der Waals surface area (Å²) in [6, 6.07) is 12.0. The molecule has 0 aliphatic rings. The summed E-state index contributed by atoms with van der Waals surface area (Å²) in [6.07, 6.45) is -0.959. The molecule has 2 rings (SSSR count). The van der Waals surface area contributed by atoms with E-state index >= 15 is 0 Å². The van der Waals surface area contributed by atoms with E-state index in [0.717, 1.165) is 5.69 Å². The van der Waals surface area contributed by atoms with E-state index < -0.39 is 11.9 Å². The van der Waals surface area contributed by atoms with E-state index in [1.165, 1.54) is 17.7 Å². The first-order valence-electron chi connectivity index (χ1n) is 7.66. The third-order valence-electron chi connectivity index (χ3n) is 3.59. The SMILES string of the molecule is CC(C)c1cccc(NC(N)=NCC(O)c2ccc(Cl)c(F)c2)c1.I. The van der Waals surface area contributed by atoms with Gasteiger partial charge in [0.2, 0.25) is 0 Å². The number of rotatable bonds is 5. The van der Waals surface area contributed by atoms with Crippen molar-refractivity contribution in [3.63, 3.8) is 0 Å². The summed E-state index contributed by atoms with van der Waals surface area (Å²) >= 11 is 5.62. The van der Waals surface area contributed by atoms with Gasteiger partial charge in [-0.2, -0.15) is 0 Å². The van der Waals surface area contributed by atoms with Gasteiger partial charge in [0, 0.05) is 5.69 Å². The van der Waals surface area contributed by atoms with Crippen LogP contribution in [0.5, 0.6) is 0 Å². The Kier molecular flexibility index (Phi) is 8.61. The first-order chi connectivity index (χ1) is 11.4. The molecule has 0 radical (unpaired) electrons. The monoisotopic (exact) mass is 477 g/mol. The fourth-order valence-corrected chi connectivity index (χ4v) is 2.29. The zero-order valence-corrected chi connectivity index (χ0v) is 17.1. The summed E-state index contributed by atoms with van der Waals surface area (Å²) in [7, 11) is 0. The largest absolute Gasteiger partial charge is 0.386 e. The van der Waals surface area contributed by atoms with Gasteiger partial charge in [0.25, 0.3) is 0 Å². The molecule has 4 N–H and O–H groups in total. The topological polar surface area (TPSA) is 70.6 Å². The van der Waals surface area contributed by atoms with Gasteiger partial charge in [-0.25, -0.2) is 4.39 Å². The first kappa shape index (κ1) is 21.7. The molecule has 0 heterocycles. The molecule has 0 amide bonds. The molecule has 0 aliphatic heterocycles. The highest BCUT2D eigenvalue weighted by Crippen LogP contribution is 2.21. The number of hydrogen-bond donors (Lipinski definition) is 3. The second-order valence-corrected chi connectivity index (χ2v) is 6.23. The average Bonchev–Trinajstić information content (AvgIpc) is 2.55. The van der Waals surface area contributed by atoms with Crippen LogP contribution >= 0.6 is 35.6 Å². The smallest absolute Gasteiger partial charge is 0.193 e. The molecule has 0 fully saturated rings. The fourth-order valence-electron chi connectivity index (χ4n) is 2.17. The number of benzene rings is 2. The van der Waals surface area contributed by atoms with E-state index in [1.54, 1.807) is 6.07 Å². The summed E-state index contributed by atoms with van der Waals surface area (Å²) in [5.41, 5.74) is 8.26. The van der Waals surface area contributed by atoms with Gasteiger partial charge in [-0.05, 0) is 41.3 Å². The van der Waals surface area contributed by atoms with Crippen LogP contribution in [0, 0.1) is 5.82 Å². The van der Waals surface area contributed by atoms with Crippen molar-refractivity contribution in [2.45, 2.75) is 25.9 Å². The van der Waals surface area contributed by atoms with E-state index in [-0.39, 0.29) is 41.5 Å². The van der Waals surface area contributed by atoms with Gasteiger partial charge in [0.1, 0.15) is 5.82 Å². The molecular weight excluding hydrogens is 456 g/mol. The molecule has 7 heteroatoms. The molecule has 0 aromatic heterocycles. The highest BCUT2D eigenvalue weighted by Gasteiger charge is 2.10. The van der Waals surface area contributed by atoms with Crippen LogP contribution in [0.3, 0.4) is 0 Å². The van der Waals surface area contributed by atoms with Gasteiger partial charge < -0.3 is 16.2 Å². The maximum absolute atomic E-state index is 13.4. The minimum absolute atomic E-state index is 0. The van der Waals surface area contributed by atoms with Crippen molar-refractivity contribution in [3.05, 3.63) is 64.4 Å². The molecule has 0 spiro atoms. The summed E-state index contributed by atoms with van der Waals surface area (Å²) in [5, 5.41) is 13.1. The van der Waals surface area contributed by atoms with Gasteiger partial charge >= 0.3 is 0 Å². The number of aliphatic hydroxyl groups is 1. The molecule has 136 valence electrons. The number of anilines is 1. The molecule has 0 saturated heterocycles. The van der Waals surface area contributed by atoms with Crippen molar-refractivity contribution in [3.8, 4) is 0 Å². The molecule has 0 aliphatic carbocycles. The van der Waals surface area contributed by atoms with Crippen LogP contribution in [0.25, 0.3) is 0 Å². The third kappa shape index (κ3) is 6.45. The lowest BCUT2D eigenvalue weighted by Crippen LogP contribution is -2.23. The number of nitrogens with two attached hydrogens (primary N) is 1. The van der Waals surface area contributed by atoms with Crippen molar-refractivity contribution in [2.24, 2.45) is 10.7 Å². The number of nitrogens with one attached hydrogen (secondary N) is 1. The maximum atomic E-state index is 13.4. The standard InChI is InChI=1S/C18H21ClFN3O.HI/c1-11(2)12-4-3-5-14(8-12)23-18(21)22-10-17(24)13-6-7-15(19)16(20)9-13;/h3-9,11,17,24H,10H2,1-2H3,(H3,21,22,23);1H. The minimum Gasteiger partial charge on any atom is -0.386 e. The van der Waals surface area contributed by atoms with Crippen LogP contribution in [-0.4, -0.2) is 17.6 Å². The predicted molar refractivity (Wildman–Crippen MR) is 112 cm³/mol. The Morgan fingerprint density at radius 2 is 1.96 bits per heavy atom. The summed E-state index contributed by atoms with van der Waals surface area (Å²) in [4.78, 5) is 4.10. The number of hydrogen-bond acceptors (Lipinski definition) is 2. The highest BCUT2D eigenvalue weighted by atomic mass is 127. The lowest BCUT2D eigenvalue weighted by molar-refractivity contribution is 0.187. The Hall–Kier alpha value is -1.38. The zero-order valence-electron chi connectivity index (χ0n) is 14.0. The molecule has 0 saturated carbocycles. The number of guanidine groups is 1. The van der Waals surface area contributed by atoms with Crippen molar-refractivity contribution < 1.29 is 9.50 Å². The Morgan fingerprint density at radius 3 is 2.60 bits per heavy atom. The van der Waals surface area contributed by atoms with Crippen molar-refractivity contribution in [2.75, 3.05) is 11.9 Å². The van der Waals surface area contributed by atoms with E-state index in [2.05, 4.69) is 24.2 Å². The van der Waals surface area contributed by atoms with Gasteiger partial charge in [-0.15, -0.1) is 24.0 Å². The third-order valence-corrected chi connectivity index (χ3v) is 3.90. The van der Waals surface area contributed by atoms with Crippen LogP contribution in [0.2, 0.25) is 5.02 Å². The quantitative estimate of drug-likeness (QED) is 0.333. The van der Waals surface area contributed by atoms with Crippen LogP contribution in [0.4, 0.5) is 10.1 Å². The second-order valence-electron chi connectivity index (χ2n) is 5.82. The van der Waals surface area contributed by atoms with Gasteiger partial charge in [-0.3, -0.25) is 4.99 Å². The first-order valence-corrected chi connectivity index (χ1v) is 8.04. The molecule has 1 unspecified atom stereocenters. The van der Waals surface area contributed by atoms with E-state index in [1.807, 2.05) is 24.3 Å². The van der Waals surface area contributed by atoms with E-state index in [9.17, 15) is 9.50 Å². The van der Waals surface area contributed by atoms with Crippen molar-refractivity contribution in [1.82, 2.24) is 0 Å². The molecule has 2 aromatic rings. The Morgan fingerprint density at radius 1 is 1.24 bits per heavy atom.